The molecule has 2 heteroatoms. The van der Waals surface area contributed by atoms with Crippen LogP contribution in [0.15, 0.2) is 42.6 Å². The van der Waals surface area contributed by atoms with Crippen LogP contribution in [0.3, 0.4) is 0 Å². The molecule has 2 aromatic heterocycles. The number of fused-ring (bicyclic) bond motifs is 1. The summed E-state index contributed by atoms with van der Waals surface area (Å²) in [6.07, 6.45) is 1.85. The van der Waals surface area contributed by atoms with Crippen LogP contribution >= 0.6 is 0 Å². The summed E-state index contributed by atoms with van der Waals surface area (Å²) in [5, 5.41) is 1.13. The van der Waals surface area contributed by atoms with Crippen LogP contribution in [0.5, 0.6) is 0 Å². The Kier molecular flexibility index (Phi) is 2.56. The van der Waals surface area contributed by atoms with Crippen LogP contribution in [0.1, 0.15) is 11.4 Å². The molecule has 0 amide bonds. The van der Waals surface area contributed by atoms with Gasteiger partial charge in [-0.2, -0.15) is 0 Å². The standard InChI is InChI=1S/C16H13N2/c1-11-10-15-16(12(2)18-11)14(8-9-17-15)13-6-4-3-5-7-13/h4-10H,1-2H3. The highest BCUT2D eigenvalue weighted by Crippen LogP contribution is 2.29. The molecule has 1 aromatic carbocycles. The third-order valence-corrected chi connectivity index (χ3v) is 3.06. The van der Waals surface area contributed by atoms with Crippen molar-refractivity contribution in [2.24, 2.45) is 0 Å². The fourth-order valence-electron chi connectivity index (χ4n) is 2.33. The Bertz CT molecular complexity index is 703. The van der Waals surface area contributed by atoms with Gasteiger partial charge in [0.2, 0.25) is 0 Å². The molecule has 18 heavy (non-hydrogen) atoms. The van der Waals surface area contributed by atoms with Crippen molar-refractivity contribution in [1.29, 1.82) is 0 Å². The predicted molar refractivity (Wildman–Crippen MR) is 73.3 cm³/mol. The van der Waals surface area contributed by atoms with Crippen LogP contribution in [0, 0.1) is 19.9 Å². The minimum Gasteiger partial charge on any atom is -0.258 e. The SMILES string of the molecule is Cc1cc2nccc(-c3cc[c]cc3)c2c(C)n1. The molecule has 0 spiro atoms. The Morgan fingerprint density at radius 3 is 2.61 bits per heavy atom. The monoisotopic (exact) mass is 233 g/mol. The molecule has 0 fully saturated rings. The molecule has 3 rings (SSSR count). The summed E-state index contributed by atoms with van der Waals surface area (Å²) in [7, 11) is 0. The van der Waals surface area contributed by atoms with Gasteiger partial charge in [-0.15, -0.1) is 0 Å². The third-order valence-electron chi connectivity index (χ3n) is 3.06. The number of hydrogen-bond acceptors (Lipinski definition) is 2. The lowest BCUT2D eigenvalue weighted by molar-refractivity contribution is 1.14. The maximum absolute atomic E-state index is 4.54. The van der Waals surface area contributed by atoms with Gasteiger partial charge in [0.05, 0.1) is 5.52 Å². The molecule has 0 bridgehead atoms. The van der Waals surface area contributed by atoms with E-state index in [9.17, 15) is 0 Å². The highest BCUT2D eigenvalue weighted by Gasteiger charge is 2.08. The fourth-order valence-corrected chi connectivity index (χ4v) is 2.33. The molecule has 0 N–H and O–H groups in total. The van der Waals surface area contributed by atoms with Gasteiger partial charge in [-0.1, -0.05) is 24.3 Å². The summed E-state index contributed by atoms with van der Waals surface area (Å²) in [6, 6.07) is 15.1. The van der Waals surface area contributed by atoms with Crippen molar-refractivity contribution in [1.82, 2.24) is 9.97 Å². The molecule has 0 atom stereocenters. The average molecular weight is 233 g/mol. The highest BCUT2D eigenvalue weighted by molar-refractivity contribution is 5.95. The van der Waals surface area contributed by atoms with Gasteiger partial charge in [-0.05, 0) is 43.2 Å². The van der Waals surface area contributed by atoms with E-state index >= 15 is 0 Å². The van der Waals surface area contributed by atoms with E-state index in [0.29, 0.717) is 0 Å². The van der Waals surface area contributed by atoms with Crippen molar-refractivity contribution in [3.05, 3.63) is 60.0 Å². The van der Waals surface area contributed by atoms with Crippen molar-refractivity contribution >= 4 is 10.9 Å². The molecule has 0 saturated heterocycles. The number of benzene rings is 1. The minimum atomic E-state index is 1.00. The lowest BCUT2D eigenvalue weighted by atomic mass is 10.0. The summed E-state index contributed by atoms with van der Waals surface area (Å²) in [4.78, 5) is 8.98. The van der Waals surface area contributed by atoms with E-state index in [0.717, 1.165) is 22.3 Å². The second-order valence-electron chi connectivity index (χ2n) is 4.39. The van der Waals surface area contributed by atoms with Crippen molar-refractivity contribution in [3.8, 4) is 11.1 Å². The maximum atomic E-state index is 4.54. The van der Waals surface area contributed by atoms with Crippen molar-refractivity contribution in [3.63, 3.8) is 0 Å². The molecule has 1 radical (unpaired) electrons. The second kappa shape index (κ2) is 4.22. The summed E-state index contributed by atoms with van der Waals surface area (Å²) in [5.41, 5.74) is 5.39. The van der Waals surface area contributed by atoms with E-state index in [4.69, 9.17) is 0 Å². The van der Waals surface area contributed by atoms with Gasteiger partial charge in [0.25, 0.3) is 0 Å². The Morgan fingerprint density at radius 1 is 1.06 bits per heavy atom. The zero-order valence-corrected chi connectivity index (χ0v) is 10.4. The molecule has 3 aromatic rings. The predicted octanol–water partition coefficient (Wildman–Crippen LogP) is 3.71. The van der Waals surface area contributed by atoms with Crippen molar-refractivity contribution in [2.75, 3.05) is 0 Å². The average Bonchev–Trinajstić information content (AvgIpc) is 2.38. The largest absolute Gasteiger partial charge is 0.258 e. The van der Waals surface area contributed by atoms with E-state index < -0.39 is 0 Å². The van der Waals surface area contributed by atoms with Gasteiger partial charge in [0.15, 0.2) is 0 Å². The number of aryl methyl sites for hydroxylation is 2. The van der Waals surface area contributed by atoms with E-state index in [1.807, 2.05) is 44.3 Å². The zero-order valence-electron chi connectivity index (χ0n) is 10.4. The van der Waals surface area contributed by atoms with Gasteiger partial charge in [-0.3, -0.25) is 9.97 Å². The lowest BCUT2D eigenvalue weighted by Crippen LogP contribution is -1.92. The third kappa shape index (κ3) is 1.76. The van der Waals surface area contributed by atoms with Crippen LogP contribution in [-0.2, 0) is 0 Å². The molecule has 0 saturated carbocycles. The maximum Gasteiger partial charge on any atom is 0.0744 e. The summed E-state index contributed by atoms with van der Waals surface area (Å²) < 4.78 is 0. The van der Waals surface area contributed by atoms with Gasteiger partial charge >= 0.3 is 0 Å². The van der Waals surface area contributed by atoms with Gasteiger partial charge in [-0.25, -0.2) is 0 Å². The zero-order chi connectivity index (χ0) is 12.5. The fraction of sp³-hybridized carbons (Fsp3) is 0.125. The second-order valence-corrected chi connectivity index (χ2v) is 4.39. The van der Waals surface area contributed by atoms with Crippen LogP contribution in [-0.4, -0.2) is 9.97 Å². The number of aromatic nitrogens is 2. The van der Waals surface area contributed by atoms with Crippen LogP contribution in [0.25, 0.3) is 22.0 Å². The first-order valence-corrected chi connectivity index (χ1v) is 5.95. The van der Waals surface area contributed by atoms with Crippen LogP contribution in [0.2, 0.25) is 0 Å². The molecule has 2 nitrogen and oxygen atoms in total. The summed E-state index contributed by atoms with van der Waals surface area (Å²) in [5.74, 6) is 0. The van der Waals surface area contributed by atoms with E-state index in [-0.39, 0.29) is 0 Å². The summed E-state index contributed by atoms with van der Waals surface area (Å²) >= 11 is 0. The normalized spacial score (nSPS) is 10.8. The van der Waals surface area contributed by atoms with Crippen LogP contribution in [0.4, 0.5) is 0 Å². The van der Waals surface area contributed by atoms with Crippen LogP contribution < -0.4 is 0 Å². The quantitative estimate of drug-likeness (QED) is 0.640. The first-order valence-electron chi connectivity index (χ1n) is 5.95. The first kappa shape index (κ1) is 10.9. The number of pyridine rings is 2. The number of rotatable bonds is 1. The number of hydrogen-bond donors (Lipinski definition) is 0. The molecule has 87 valence electrons. The molecular formula is C16H13N2. The number of nitrogens with zero attached hydrogens (tertiary/aromatic N) is 2. The smallest absolute Gasteiger partial charge is 0.0744 e. The van der Waals surface area contributed by atoms with E-state index in [2.05, 4.69) is 28.2 Å². The van der Waals surface area contributed by atoms with Crippen molar-refractivity contribution < 1.29 is 0 Å². The Balaban J connectivity index is 2.37. The van der Waals surface area contributed by atoms with E-state index in [1.165, 1.54) is 11.1 Å². The molecule has 0 aliphatic rings. The molecule has 2 heterocycles. The van der Waals surface area contributed by atoms with Gasteiger partial charge in [0.1, 0.15) is 0 Å². The molecule has 0 unspecified atom stereocenters. The lowest BCUT2D eigenvalue weighted by Gasteiger charge is -2.09. The Morgan fingerprint density at radius 2 is 1.83 bits per heavy atom. The topological polar surface area (TPSA) is 25.8 Å². The highest BCUT2D eigenvalue weighted by atomic mass is 14.7. The first-order chi connectivity index (χ1) is 8.75. The molecule has 0 aliphatic heterocycles. The van der Waals surface area contributed by atoms with Crippen molar-refractivity contribution in [2.45, 2.75) is 13.8 Å². The molecule has 0 aliphatic carbocycles. The summed E-state index contributed by atoms with van der Waals surface area (Å²) in [6.45, 7) is 4.04. The Labute approximate surface area is 106 Å². The molecular weight excluding hydrogens is 220 g/mol. The van der Waals surface area contributed by atoms with E-state index in [1.54, 1.807) is 0 Å². The van der Waals surface area contributed by atoms with Gasteiger partial charge < -0.3 is 0 Å². The Hall–Kier alpha value is -2.22. The van der Waals surface area contributed by atoms with Gasteiger partial charge in [0, 0.05) is 23.0 Å². The minimum absolute atomic E-state index is 1.00.